The highest BCUT2D eigenvalue weighted by atomic mass is 16.5. The van der Waals surface area contributed by atoms with E-state index in [1.807, 2.05) is 67.6 Å². The van der Waals surface area contributed by atoms with E-state index in [0.717, 1.165) is 11.1 Å². The fraction of sp³-hybridized carbons (Fsp3) is 0.200. The van der Waals surface area contributed by atoms with Crippen LogP contribution in [0, 0.1) is 0 Å². The fourth-order valence-corrected chi connectivity index (χ4v) is 2.50. The summed E-state index contributed by atoms with van der Waals surface area (Å²) in [5.74, 6) is -0.722. The average Bonchev–Trinajstić information content (AvgIpc) is 3.16. The lowest BCUT2D eigenvalue weighted by Gasteiger charge is -2.12. The number of amides is 2. The van der Waals surface area contributed by atoms with Crippen molar-refractivity contribution in [1.29, 1.82) is 0 Å². The Morgan fingerprint density at radius 1 is 1.04 bits per heavy atom. The molecule has 3 aromatic rings. The molecule has 7 nitrogen and oxygen atoms in total. The minimum atomic E-state index is -0.477. The van der Waals surface area contributed by atoms with Gasteiger partial charge in [-0.2, -0.15) is 4.98 Å². The van der Waals surface area contributed by atoms with Gasteiger partial charge in [-0.25, -0.2) is 0 Å². The molecule has 2 amide bonds. The Bertz CT molecular complexity index is 894. The number of nitrogens with zero attached hydrogens (tertiary/aromatic N) is 2. The van der Waals surface area contributed by atoms with Crippen LogP contribution in [0.15, 0.2) is 65.2 Å². The molecule has 1 heterocycles. The highest BCUT2D eigenvalue weighted by Gasteiger charge is 2.19. The lowest BCUT2D eigenvalue weighted by atomic mass is 10.1. The predicted molar refractivity (Wildman–Crippen MR) is 98.6 cm³/mol. The van der Waals surface area contributed by atoms with Gasteiger partial charge in [0.2, 0.25) is 5.91 Å². The Kier molecular flexibility index (Phi) is 5.94. The lowest BCUT2D eigenvalue weighted by Crippen LogP contribution is -2.27. The molecule has 0 fully saturated rings. The monoisotopic (exact) mass is 364 g/mol. The van der Waals surface area contributed by atoms with E-state index >= 15 is 0 Å². The first kappa shape index (κ1) is 18.3. The lowest BCUT2D eigenvalue weighted by molar-refractivity contribution is -0.120. The van der Waals surface area contributed by atoms with E-state index in [1.54, 1.807) is 0 Å². The minimum Gasteiger partial charge on any atom is -0.352 e. The third kappa shape index (κ3) is 5.24. The summed E-state index contributed by atoms with van der Waals surface area (Å²) in [4.78, 5) is 28.2. The molecule has 0 aliphatic carbocycles. The second-order valence-electron chi connectivity index (χ2n) is 6.06. The molecule has 138 valence electrons. The van der Waals surface area contributed by atoms with Gasteiger partial charge in [0.1, 0.15) is 0 Å². The van der Waals surface area contributed by atoms with E-state index in [9.17, 15) is 9.59 Å². The zero-order valence-corrected chi connectivity index (χ0v) is 14.9. The molecule has 0 saturated carbocycles. The van der Waals surface area contributed by atoms with E-state index in [1.165, 1.54) is 0 Å². The summed E-state index contributed by atoms with van der Waals surface area (Å²) < 4.78 is 4.97. The molecule has 2 N–H and O–H groups in total. The molecule has 0 aliphatic rings. The molecule has 0 bridgehead atoms. The van der Waals surface area contributed by atoms with Gasteiger partial charge in [0.25, 0.3) is 0 Å². The SMILES string of the molecule is C[C@@H](NC(=O)c1nc(CC(=O)NCc2ccccc2)no1)c1ccccc1. The van der Waals surface area contributed by atoms with Crippen molar-refractivity contribution in [2.75, 3.05) is 0 Å². The number of hydrogen-bond donors (Lipinski definition) is 2. The van der Waals surface area contributed by atoms with Gasteiger partial charge in [0.15, 0.2) is 5.82 Å². The highest BCUT2D eigenvalue weighted by molar-refractivity contribution is 5.89. The maximum absolute atomic E-state index is 12.2. The number of benzene rings is 2. The second kappa shape index (κ2) is 8.75. The van der Waals surface area contributed by atoms with Crippen LogP contribution in [0.1, 0.15) is 40.6 Å². The van der Waals surface area contributed by atoms with Crippen LogP contribution in [-0.4, -0.2) is 22.0 Å². The summed E-state index contributed by atoms with van der Waals surface area (Å²) in [6, 6.07) is 18.9. The highest BCUT2D eigenvalue weighted by Crippen LogP contribution is 2.12. The van der Waals surface area contributed by atoms with Crippen molar-refractivity contribution in [2.45, 2.75) is 25.9 Å². The van der Waals surface area contributed by atoms with E-state index < -0.39 is 5.91 Å². The molecule has 0 unspecified atom stereocenters. The first-order chi connectivity index (χ1) is 13.1. The van der Waals surface area contributed by atoms with Gasteiger partial charge in [0.05, 0.1) is 12.5 Å². The van der Waals surface area contributed by atoms with Crippen molar-refractivity contribution in [2.24, 2.45) is 0 Å². The number of aromatic nitrogens is 2. The minimum absolute atomic E-state index is 0.0577. The van der Waals surface area contributed by atoms with Gasteiger partial charge in [-0.05, 0) is 18.1 Å². The normalized spacial score (nSPS) is 11.6. The molecule has 1 aromatic heterocycles. The smallest absolute Gasteiger partial charge is 0.315 e. The van der Waals surface area contributed by atoms with Crippen molar-refractivity contribution >= 4 is 11.8 Å². The van der Waals surface area contributed by atoms with Crippen molar-refractivity contribution in [3.63, 3.8) is 0 Å². The number of carbonyl (C=O) groups excluding carboxylic acids is 2. The van der Waals surface area contributed by atoms with Gasteiger partial charge in [-0.1, -0.05) is 65.8 Å². The zero-order chi connectivity index (χ0) is 19.1. The third-order valence-electron chi connectivity index (χ3n) is 3.96. The fourth-order valence-electron chi connectivity index (χ4n) is 2.50. The molecule has 1 atom stereocenters. The van der Waals surface area contributed by atoms with Gasteiger partial charge in [0, 0.05) is 6.54 Å². The molecule has 0 radical (unpaired) electrons. The topological polar surface area (TPSA) is 97.1 Å². The Hall–Kier alpha value is -3.48. The van der Waals surface area contributed by atoms with Crippen LogP contribution < -0.4 is 10.6 Å². The molecule has 0 spiro atoms. The molecule has 27 heavy (non-hydrogen) atoms. The van der Waals surface area contributed by atoms with E-state index in [2.05, 4.69) is 20.8 Å². The van der Waals surface area contributed by atoms with Crippen LogP contribution in [0.3, 0.4) is 0 Å². The number of nitrogens with one attached hydrogen (secondary N) is 2. The molecule has 0 aliphatic heterocycles. The van der Waals surface area contributed by atoms with Gasteiger partial charge < -0.3 is 15.2 Å². The molecule has 0 saturated heterocycles. The largest absolute Gasteiger partial charge is 0.352 e. The summed E-state index contributed by atoms with van der Waals surface area (Å²) in [6.07, 6.45) is -0.0577. The van der Waals surface area contributed by atoms with Crippen LogP contribution in [-0.2, 0) is 17.8 Å². The van der Waals surface area contributed by atoms with Crippen LogP contribution in [0.4, 0.5) is 0 Å². The van der Waals surface area contributed by atoms with Gasteiger partial charge >= 0.3 is 11.8 Å². The molecular formula is C20H20N4O3. The molecule has 7 heteroatoms. The van der Waals surface area contributed by atoms with Crippen LogP contribution in [0.25, 0.3) is 0 Å². The summed E-state index contributed by atoms with van der Waals surface area (Å²) in [6.45, 7) is 2.28. The molecule has 2 aromatic carbocycles. The summed E-state index contributed by atoms with van der Waals surface area (Å²) >= 11 is 0. The van der Waals surface area contributed by atoms with E-state index in [4.69, 9.17) is 4.52 Å². The van der Waals surface area contributed by atoms with Crippen molar-refractivity contribution < 1.29 is 14.1 Å². The maximum atomic E-state index is 12.2. The maximum Gasteiger partial charge on any atom is 0.315 e. The van der Waals surface area contributed by atoms with Crippen LogP contribution in [0.2, 0.25) is 0 Å². The predicted octanol–water partition coefficient (Wildman–Crippen LogP) is 2.42. The Labute approximate surface area is 156 Å². The first-order valence-electron chi connectivity index (χ1n) is 8.61. The van der Waals surface area contributed by atoms with Gasteiger partial charge in [-0.15, -0.1) is 0 Å². The van der Waals surface area contributed by atoms with Crippen molar-refractivity contribution in [1.82, 2.24) is 20.8 Å². The van der Waals surface area contributed by atoms with E-state index in [0.29, 0.717) is 6.54 Å². The van der Waals surface area contributed by atoms with Crippen LogP contribution >= 0.6 is 0 Å². The standard InChI is InChI=1S/C20H20N4O3/c1-14(16-10-6-3-7-11-16)22-19(26)20-23-17(24-27-20)12-18(25)21-13-15-8-4-2-5-9-15/h2-11,14H,12-13H2,1H3,(H,21,25)(H,22,26)/t14-/m1/s1. The van der Waals surface area contributed by atoms with Crippen LogP contribution in [0.5, 0.6) is 0 Å². The van der Waals surface area contributed by atoms with Gasteiger partial charge in [-0.3, -0.25) is 9.59 Å². The average molecular weight is 364 g/mol. The van der Waals surface area contributed by atoms with Crippen molar-refractivity contribution in [3.8, 4) is 0 Å². The van der Waals surface area contributed by atoms with E-state index in [-0.39, 0.29) is 30.1 Å². The summed E-state index contributed by atoms with van der Waals surface area (Å²) in [5.41, 5.74) is 1.96. The number of hydrogen-bond acceptors (Lipinski definition) is 5. The summed E-state index contributed by atoms with van der Waals surface area (Å²) in [5, 5.41) is 9.27. The zero-order valence-electron chi connectivity index (χ0n) is 14.9. The first-order valence-corrected chi connectivity index (χ1v) is 8.61. The number of carbonyl (C=O) groups is 2. The Morgan fingerprint density at radius 2 is 1.70 bits per heavy atom. The number of rotatable bonds is 7. The Morgan fingerprint density at radius 3 is 2.41 bits per heavy atom. The van der Waals surface area contributed by atoms with Crippen molar-refractivity contribution in [3.05, 3.63) is 83.5 Å². The molecule has 3 rings (SSSR count). The summed E-state index contributed by atoms with van der Waals surface area (Å²) in [7, 11) is 0. The molecular weight excluding hydrogens is 344 g/mol. The quantitative estimate of drug-likeness (QED) is 0.671. The Balaban J connectivity index is 1.51. The second-order valence-corrected chi connectivity index (χ2v) is 6.06. The third-order valence-corrected chi connectivity index (χ3v) is 3.96.